The Kier molecular flexibility index (Phi) is 7.27. The second kappa shape index (κ2) is 10.3. The van der Waals surface area contributed by atoms with Crippen LogP contribution in [0.1, 0.15) is 28.1 Å². The molecule has 5 heteroatoms. The van der Waals surface area contributed by atoms with Gasteiger partial charge in [-0.25, -0.2) is 0 Å². The number of carbonyl (C=O) groups is 1. The average molecular weight is 378 g/mol. The first-order valence-corrected chi connectivity index (χ1v) is 9.47. The van der Waals surface area contributed by atoms with Crippen molar-refractivity contribution in [3.05, 3.63) is 89.9 Å². The van der Waals surface area contributed by atoms with Crippen LogP contribution in [0.15, 0.2) is 77.4 Å². The molecule has 0 atom stereocenters. The highest BCUT2D eigenvalue weighted by molar-refractivity contribution is 5.92. The smallest absolute Gasteiger partial charge is 0.287 e. The van der Waals surface area contributed by atoms with Crippen molar-refractivity contribution in [2.24, 2.45) is 0 Å². The molecule has 0 fully saturated rings. The molecule has 0 aliphatic carbocycles. The van der Waals surface area contributed by atoms with Gasteiger partial charge in [0.2, 0.25) is 0 Å². The standard InChI is InChI=1S/C23H26N2O3/c1-25(17-19-9-4-2-5-10-19)15-8-14-24-23(26)22-20(13-16-27-22)18-28-21-11-6-3-7-12-21/h2-7,9-13,16H,8,14-15,17-18H2,1H3,(H,24,26). The molecule has 3 aromatic rings. The fourth-order valence-corrected chi connectivity index (χ4v) is 2.93. The number of nitrogens with one attached hydrogen (secondary N) is 1. The number of carbonyl (C=O) groups excluding carboxylic acids is 1. The van der Waals surface area contributed by atoms with Gasteiger partial charge in [0.1, 0.15) is 12.4 Å². The van der Waals surface area contributed by atoms with Crippen molar-refractivity contribution in [3.8, 4) is 5.75 Å². The molecule has 0 radical (unpaired) electrons. The Morgan fingerprint density at radius 2 is 1.75 bits per heavy atom. The Bertz CT molecular complexity index is 847. The van der Waals surface area contributed by atoms with Gasteiger partial charge in [-0.1, -0.05) is 48.5 Å². The monoisotopic (exact) mass is 378 g/mol. The lowest BCUT2D eigenvalue weighted by Crippen LogP contribution is -2.28. The first-order chi connectivity index (χ1) is 13.7. The SMILES string of the molecule is CN(CCCNC(=O)c1occc1COc1ccccc1)Cc1ccccc1. The molecule has 1 amide bonds. The molecule has 2 aromatic carbocycles. The van der Waals surface area contributed by atoms with E-state index in [2.05, 4.69) is 29.4 Å². The number of para-hydroxylation sites is 1. The molecular formula is C23H26N2O3. The number of hydrogen-bond donors (Lipinski definition) is 1. The maximum Gasteiger partial charge on any atom is 0.287 e. The van der Waals surface area contributed by atoms with Gasteiger partial charge in [-0.15, -0.1) is 0 Å². The highest BCUT2D eigenvalue weighted by Gasteiger charge is 2.15. The summed E-state index contributed by atoms with van der Waals surface area (Å²) >= 11 is 0. The third-order valence-corrected chi connectivity index (χ3v) is 4.39. The van der Waals surface area contributed by atoms with Crippen molar-refractivity contribution in [1.29, 1.82) is 0 Å². The first-order valence-electron chi connectivity index (χ1n) is 9.47. The van der Waals surface area contributed by atoms with Crippen LogP contribution in [-0.4, -0.2) is 30.9 Å². The Morgan fingerprint density at radius 1 is 1.04 bits per heavy atom. The van der Waals surface area contributed by atoms with E-state index >= 15 is 0 Å². The van der Waals surface area contributed by atoms with E-state index in [4.69, 9.17) is 9.15 Å². The minimum Gasteiger partial charge on any atom is -0.489 e. The molecule has 0 aliphatic heterocycles. The van der Waals surface area contributed by atoms with E-state index in [1.54, 1.807) is 6.07 Å². The van der Waals surface area contributed by atoms with Gasteiger partial charge in [0.25, 0.3) is 5.91 Å². The van der Waals surface area contributed by atoms with Crippen LogP contribution in [0.2, 0.25) is 0 Å². The second-order valence-corrected chi connectivity index (χ2v) is 6.71. The Labute approximate surface area is 165 Å². The van der Waals surface area contributed by atoms with Crippen LogP contribution in [0.5, 0.6) is 5.75 Å². The van der Waals surface area contributed by atoms with Crippen molar-refractivity contribution in [2.75, 3.05) is 20.1 Å². The van der Waals surface area contributed by atoms with Crippen LogP contribution in [0.25, 0.3) is 0 Å². The number of hydrogen-bond acceptors (Lipinski definition) is 4. The van der Waals surface area contributed by atoms with E-state index in [1.807, 2.05) is 48.5 Å². The molecule has 0 bridgehead atoms. The van der Waals surface area contributed by atoms with Crippen molar-refractivity contribution >= 4 is 5.91 Å². The number of furan rings is 1. The summed E-state index contributed by atoms with van der Waals surface area (Å²) in [5, 5.41) is 2.93. The topological polar surface area (TPSA) is 54.7 Å². The van der Waals surface area contributed by atoms with Crippen molar-refractivity contribution < 1.29 is 13.9 Å². The lowest BCUT2D eigenvalue weighted by Gasteiger charge is -2.16. The molecule has 0 aliphatic rings. The molecule has 146 valence electrons. The zero-order valence-electron chi connectivity index (χ0n) is 16.1. The van der Waals surface area contributed by atoms with Crippen LogP contribution in [-0.2, 0) is 13.2 Å². The van der Waals surface area contributed by atoms with Crippen LogP contribution in [0, 0.1) is 0 Å². The summed E-state index contributed by atoms with van der Waals surface area (Å²) in [7, 11) is 2.08. The van der Waals surface area contributed by atoms with Gasteiger partial charge in [0.15, 0.2) is 5.76 Å². The molecule has 5 nitrogen and oxygen atoms in total. The van der Waals surface area contributed by atoms with Crippen molar-refractivity contribution in [2.45, 2.75) is 19.6 Å². The lowest BCUT2D eigenvalue weighted by atomic mass is 10.2. The van der Waals surface area contributed by atoms with E-state index in [0.717, 1.165) is 30.8 Å². The molecule has 1 heterocycles. The number of ether oxygens (including phenoxy) is 1. The van der Waals surface area contributed by atoms with E-state index in [9.17, 15) is 4.79 Å². The minimum atomic E-state index is -0.206. The quantitative estimate of drug-likeness (QED) is 0.540. The third kappa shape index (κ3) is 5.99. The molecule has 1 N–H and O–H groups in total. The average Bonchev–Trinajstić information content (AvgIpc) is 3.20. The number of nitrogens with zero attached hydrogens (tertiary/aromatic N) is 1. The van der Waals surface area contributed by atoms with Gasteiger partial charge in [0, 0.05) is 18.7 Å². The van der Waals surface area contributed by atoms with Crippen molar-refractivity contribution in [3.63, 3.8) is 0 Å². The maximum atomic E-state index is 12.4. The summed E-state index contributed by atoms with van der Waals surface area (Å²) in [6.07, 6.45) is 2.39. The second-order valence-electron chi connectivity index (χ2n) is 6.71. The molecule has 28 heavy (non-hydrogen) atoms. The van der Waals surface area contributed by atoms with Gasteiger partial charge < -0.3 is 19.4 Å². The molecule has 0 saturated heterocycles. The fourth-order valence-electron chi connectivity index (χ4n) is 2.93. The summed E-state index contributed by atoms with van der Waals surface area (Å²) in [6.45, 7) is 2.69. The molecule has 3 rings (SSSR count). The van der Waals surface area contributed by atoms with E-state index in [0.29, 0.717) is 18.9 Å². The summed E-state index contributed by atoms with van der Waals surface area (Å²) in [5.74, 6) is 0.868. The maximum absolute atomic E-state index is 12.4. The molecule has 0 spiro atoms. The van der Waals surface area contributed by atoms with Gasteiger partial charge in [-0.05, 0) is 43.8 Å². The van der Waals surface area contributed by atoms with E-state index in [-0.39, 0.29) is 5.91 Å². The summed E-state index contributed by atoms with van der Waals surface area (Å²) in [5.41, 5.74) is 2.02. The van der Waals surface area contributed by atoms with Gasteiger partial charge in [0.05, 0.1) is 6.26 Å². The van der Waals surface area contributed by atoms with Crippen LogP contribution >= 0.6 is 0 Å². The number of rotatable bonds is 10. The van der Waals surface area contributed by atoms with Gasteiger partial charge in [-0.3, -0.25) is 4.79 Å². The Hall–Kier alpha value is -3.05. The number of amides is 1. The Balaban J connectivity index is 1.40. The third-order valence-electron chi connectivity index (χ3n) is 4.39. The zero-order valence-corrected chi connectivity index (χ0v) is 16.1. The highest BCUT2D eigenvalue weighted by atomic mass is 16.5. The molecular weight excluding hydrogens is 352 g/mol. The summed E-state index contributed by atoms with van der Waals surface area (Å²) in [4.78, 5) is 14.6. The molecule has 0 saturated carbocycles. The van der Waals surface area contributed by atoms with Crippen LogP contribution < -0.4 is 10.1 Å². The first kappa shape index (κ1) is 19.7. The summed E-state index contributed by atoms with van der Waals surface area (Å²) < 4.78 is 11.1. The normalized spacial score (nSPS) is 10.8. The largest absolute Gasteiger partial charge is 0.489 e. The Morgan fingerprint density at radius 3 is 2.50 bits per heavy atom. The van der Waals surface area contributed by atoms with E-state index < -0.39 is 0 Å². The molecule has 1 aromatic heterocycles. The highest BCUT2D eigenvalue weighted by Crippen LogP contribution is 2.15. The van der Waals surface area contributed by atoms with Crippen LogP contribution in [0.4, 0.5) is 0 Å². The summed E-state index contributed by atoms with van der Waals surface area (Å²) in [6, 6.07) is 21.6. The van der Waals surface area contributed by atoms with Crippen molar-refractivity contribution in [1.82, 2.24) is 10.2 Å². The minimum absolute atomic E-state index is 0.206. The van der Waals surface area contributed by atoms with Gasteiger partial charge >= 0.3 is 0 Å². The van der Waals surface area contributed by atoms with Gasteiger partial charge in [-0.2, -0.15) is 0 Å². The fraction of sp³-hybridized carbons (Fsp3) is 0.261. The predicted molar refractivity (Wildman–Crippen MR) is 109 cm³/mol. The molecule has 0 unspecified atom stereocenters. The lowest BCUT2D eigenvalue weighted by molar-refractivity contribution is 0.0920. The zero-order chi connectivity index (χ0) is 19.6. The predicted octanol–water partition coefficient (Wildman–Crippen LogP) is 4.11. The van der Waals surface area contributed by atoms with Crippen LogP contribution in [0.3, 0.4) is 0 Å². The number of benzene rings is 2. The van der Waals surface area contributed by atoms with E-state index in [1.165, 1.54) is 11.8 Å².